The van der Waals surface area contributed by atoms with Gasteiger partial charge in [0.05, 0.1) is 17.8 Å². The van der Waals surface area contributed by atoms with E-state index in [0.717, 1.165) is 18.8 Å². The highest BCUT2D eigenvalue weighted by Gasteiger charge is 2.71. The Balaban J connectivity index is 1.24. The van der Waals surface area contributed by atoms with Crippen molar-refractivity contribution in [2.75, 3.05) is 31.1 Å². The number of benzene rings is 2. The fourth-order valence-corrected chi connectivity index (χ4v) is 7.41. The van der Waals surface area contributed by atoms with Gasteiger partial charge in [-0.15, -0.1) is 0 Å². The number of carbonyl (C=O) groups is 1. The zero-order chi connectivity index (χ0) is 28.8. The molecule has 3 atom stereocenters. The number of carbonyl (C=O) groups excluding carboxylic acids is 1. The number of aliphatic imine (C=N–C) groups is 1. The van der Waals surface area contributed by atoms with E-state index in [1.165, 1.54) is 48.3 Å². The van der Waals surface area contributed by atoms with Crippen molar-refractivity contribution < 1.29 is 13.6 Å². The van der Waals surface area contributed by atoms with Gasteiger partial charge < -0.3 is 15.5 Å². The number of fused-ring (bicyclic) bond motifs is 1. The quantitative estimate of drug-likeness (QED) is 0.403. The molecule has 1 aromatic heterocycles. The molecule has 7 nitrogen and oxygen atoms in total. The summed E-state index contributed by atoms with van der Waals surface area (Å²) >= 11 is 1.28. The number of hydrogen-bond donors (Lipinski definition) is 1. The van der Waals surface area contributed by atoms with Crippen LogP contribution in [0.4, 0.5) is 20.2 Å². The van der Waals surface area contributed by atoms with Crippen molar-refractivity contribution in [3.05, 3.63) is 101 Å². The third-order valence-corrected chi connectivity index (χ3v) is 9.51. The van der Waals surface area contributed by atoms with Crippen molar-refractivity contribution in [1.29, 1.82) is 0 Å². The van der Waals surface area contributed by atoms with Crippen LogP contribution in [0.1, 0.15) is 30.2 Å². The van der Waals surface area contributed by atoms with Gasteiger partial charge in [-0.3, -0.25) is 14.8 Å². The molecule has 0 spiro atoms. The molecule has 1 aliphatic carbocycles. The molecule has 1 saturated heterocycles. The molecule has 3 heterocycles. The predicted octanol–water partition coefficient (Wildman–Crippen LogP) is 5.62. The fraction of sp³-hybridized carbons (Fsp3) is 0.290. The SMILES string of the molecule is [C-]#[N+]c1ccc(/C(F)=C/c2ccc(F)c([C@@]3(C)N=C(N)S[C@@]4(C(=O)N5CCN(c6ccccc6)CC5)C[C@H]43)c2)nc1. The number of aromatic nitrogens is 1. The van der Waals surface area contributed by atoms with Crippen molar-refractivity contribution in [3.8, 4) is 0 Å². The van der Waals surface area contributed by atoms with Crippen LogP contribution in [0.15, 0.2) is 71.9 Å². The molecule has 1 amide bonds. The number of pyridine rings is 1. The first kappa shape index (κ1) is 27.0. The molecular weight excluding hydrogens is 542 g/mol. The van der Waals surface area contributed by atoms with E-state index in [2.05, 4.69) is 31.9 Å². The number of para-hydroxylation sites is 1. The number of halogens is 2. The number of thioether (sulfide) groups is 1. The lowest BCUT2D eigenvalue weighted by atomic mass is 9.84. The normalized spacial score (nSPS) is 25.7. The maximum atomic E-state index is 15.4. The Morgan fingerprint density at radius 3 is 2.59 bits per heavy atom. The molecule has 0 unspecified atom stereocenters. The minimum absolute atomic E-state index is 0.0146. The van der Waals surface area contributed by atoms with Crippen LogP contribution >= 0.6 is 11.8 Å². The number of nitrogens with two attached hydrogens (primary N) is 1. The third kappa shape index (κ3) is 4.84. The van der Waals surface area contributed by atoms with Gasteiger partial charge in [0.2, 0.25) is 11.6 Å². The molecule has 3 aromatic rings. The monoisotopic (exact) mass is 570 g/mol. The Labute approximate surface area is 241 Å². The minimum atomic E-state index is -1.09. The summed E-state index contributed by atoms with van der Waals surface area (Å²) in [5, 5.41) is 0.244. The van der Waals surface area contributed by atoms with Gasteiger partial charge in [0.25, 0.3) is 0 Å². The smallest absolute Gasteiger partial charge is 0.239 e. The Hall–Kier alpha value is -4.23. The van der Waals surface area contributed by atoms with Crippen LogP contribution in [0.2, 0.25) is 0 Å². The van der Waals surface area contributed by atoms with E-state index < -0.39 is 21.9 Å². The molecule has 2 aliphatic heterocycles. The molecule has 2 N–H and O–H groups in total. The summed E-state index contributed by atoms with van der Waals surface area (Å²) in [5.74, 6) is -1.34. The molecule has 41 heavy (non-hydrogen) atoms. The predicted molar refractivity (Wildman–Crippen MR) is 159 cm³/mol. The van der Waals surface area contributed by atoms with E-state index in [1.807, 2.05) is 23.1 Å². The summed E-state index contributed by atoms with van der Waals surface area (Å²) in [5.41, 5.74) is 7.43. The average Bonchev–Trinajstić information content (AvgIpc) is 3.75. The minimum Gasteiger partial charge on any atom is -0.378 e. The first-order valence-corrected chi connectivity index (χ1v) is 14.2. The van der Waals surface area contributed by atoms with Crippen LogP contribution in [-0.4, -0.2) is 51.9 Å². The number of hydrogen-bond acceptors (Lipinski definition) is 6. The second kappa shape index (κ2) is 10.3. The second-order valence-electron chi connectivity index (χ2n) is 10.7. The van der Waals surface area contributed by atoms with E-state index in [-0.39, 0.29) is 28.3 Å². The number of anilines is 1. The summed E-state index contributed by atoms with van der Waals surface area (Å²) in [7, 11) is 0. The number of piperazine rings is 1. The Bertz CT molecular complexity index is 1600. The lowest BCUT2D eigenvalue weighted by molar-refractivity contribution is -0.132. The maximum Gasteiger partial charge on any atom is 0.239 e. The van der Waals surface area contributed by atoms with Gasteiger partial charge in [0, 0.05) is 49.5 Å². The van der Waals surface area contributed by atoms with Crippen molar-refractivity contribution in [3.63, 3.8) is 0 Å². The van der Waals surface area contributed by atoms with Gasteiger partial charge >= 0.3 is 0 Å². The summed E-state index contributed by atoms with van der Waals surface area (Å²) < 4.78 is 29.6. The van der Waals surface area contributed by atoms with Crippen LogP contribution < -0.4 is 10.6 Å². The second-order valence-corrected chi connectivity index (χ2v) is 12.1. The van der Waals surface area contributed by atoms with Gasteiger partial charge in [-0.1, -0.05) is 42.1 Å². The van der Waals surface area contributed by atoms with Crippen molar-refractivity contribution in [2.24, 2.45) is 16.6 Å². The number of rotatable bonds is 5. The molecule has 6 rings (SSSR count). The van der Waals surface area contributed by atoms with Gasteiger partial charge in [-0.25, -0.2) is 13.6 Å². The topological polar surface area (TPSA) is 79.2 Å². The van der Waals surface area contributed by atoms with Crippen LogP contribution in [0.5, 0.6) is 0 Å². The maximum absolute atomic E-state index is 15.4. The van der Waals surface area contributed by atoms with Crippen molar-refractivity contribution in [2.45, 2.75) is 23.6 Å². The van der Waals surface area contributed by atoms with Gasteiger partial charge in [0.15, 0.2) is 5.17 Å². The molecule has 2 fully saturated rings. The van der Waals surface area contributed by atoms with E-state index in [9.17, 15) is 4.79 Å². The number of nitrogens with zero attached hydrogens (tertiary/aromatic N) is 5. The standard InChI is InChI=1S/C31H28F2N6OS/c1-30(23-16-20(8-10-24(23)32)17-25(33)26-11-9-21(35-2)19-36-26)27-18-31(27,41-29(34)37-30)28(40)39-14-12-38(13-15-39)22-6-4-3-5-7-22/h3-11,16-17,19,27H,12-15,18H2,1H3,(H2,34,37)/b25-17-/t27-,30+,31-/m0/s1. The number of amides is 1. The molecule has 1 saturated carbocycles. The molecule has 10 heteroatoms. The van der Waals surface area contributed by atoms with E-state index in [4.69, 9.17) is 12.3 Å². The number of amidine groups is 1. The van der Waals surface area contributed by atoms with E-state index in [0.29, 0.717) is 30.8 Å². The van der Waals surface area contributed by atoms with Crippen LogP contribution in [0.3, 0.4) is 0 Å². The lowest BCUT2D eigenvalue weighted by Crippen LogP contribution is -2.53. The van der Waals surface area contributed by atoms with Crippen molar-refractivity contribution >= 4 is 46.1 Å². The summed E-state index contributed by atoms with van der Waals surface area (Å²) in [6.07, 6.45) is 3.10. The highest BCUT2D eigenvalue weighted by Crippen LogP contribution is 2.66. The molecule has 0 radical (unpaired) electrons. The largest absolute Gasteiger partial charge is 0.378 e. The fourth-order valence-electron chi connectivity index (χ4n) is 5.96. The van der Waals surface area contributed by atoms with E-state index in [1.54, 1.807) is 13.0 Å². The first-order chi connectivity index (χ1) is 19.7. The Kier molecular flexibility index (Phi) is 6.78. The molecule has 2 aromatic carbocycles. The lowest BCUT2D eigenvalue weighted by Gasteiger charge is -2.40. The van der Waals surface area contributed by atoms with Crippen LogP contribution in [0, 0.1) is 18.3 Å². The van der Waals surface area contributed by atoms with E-state index >= 15 is 8.78 Å². The highest BCUT2D eigenvalue weighted by atomic mass is 32.2. The van der Waals surface area contributed by atoms with Gasteiger partial charge in [-0.2, -0.15) is 0 Å². The third-order valence-electron chi connectivity index (χ3n) is 8.22. The molecule has 3 aliphatic rings. The van der Waals surface area contributed by atoms with Crippen LogP contribution in [-0.2, 0) is 10.3 Å². The highest BCUT2D eigenvalue weighted by molar-refractivity contribution is 8.15. The average molecular weight is 571 g/mol. The molecular formula is C31H28F2N6OS. The Morgan fingerprint density at radius 2 is 1.90 bits per heavy atom. The van der Waals surface area contributed by atoms with Crippen molar-refractivity contribution in [1.82, 2.24) is 9.88 Å². The zero-order valence-corrected chi connectivity index (χ0v) is 23.2. The summed E-state index contributed by atoms with van der Waals surface area (Å²) in [6.45, 7) is 11.5. The van der Waals surface area contributed by atoms with Gasteiger partial charge in [-0.05, 0) is 55.3 Å². The van der Waals surface area contributed by atoms with Gasteiger partial charge in [0.1, 0.15) is 16.4 Å². The first-order valence-electron chi connectivity index (χ1n) is 13.4. The van der Waals surface area contributed by atoms with Crippen LogP contribution in [0.25, 0.3) is 16.7 Å². The molecule has 208 valence electrons. The Morgan fingerprint density at radius 1 is 1.15 bits per heavy atom. The molecule has 0 bridgehead atoms. The zero-order valence-electron chi connectivity index (χ0n) is 22.4. The summed E-state index contributed by atoms with van der Waals surface area (Å²) in [4.78, 5) is 30.0. The summed E-state index contributed by atoms with van der Waals surface area (Å²) in [6, 6.07) is 17.4.